The third kappa shape index (κ3) is 9.77. The molecule has 1 aromatic heterocycles. The molecule has 0 radical (unpaired) electrons. The molecule has 0 unspecified atom stereocenters. The molecule has 4 amide bonds. The van der Waals surface area contributed by atoms with Crippen molar-refractivity contribution in [1.82, 2.24) is 26.3 Å². The van der Waals surface area contributed by atoms with Crippen LogP contribution in [0.4, 0.5) is 13.2 Å². The van der Waals surface area contributed by atoms with E-state index in [9.17, 15) is 37.1 Å². The summed E-state index contributed by atoms with van der Waals surface area (Å²) in [5, 5.41) is 10.5. The van der Waals surface area contributed by atoms with Crippen LogP contribution in [0.15, 0.2) is 72.9 Å². The fraction of sp³-hybridized carbons (Fsp3) is 0.286. The highest BCUT2D eigenvalue weighted by Gasteiger charge is 2.31. The maximum Gasteiger partial charge on any atom is 0.293 e. The summed E-state index contributed by atoms with van der Waals surface area (Å²) in [4.78, 5) is 69.2. The van der Waals surface area contributed by atoms with Gasteiger partial charge in [0.15, 0.2) is 0 Å². The van der Waals surface area contributed by atoms with Gasteiger partial charge in [0.05, 0.1) is 12.0 Å². The Labute approximate surface area is 274 Å². The highest BCUT2D eigenvalue weighted by molar-refractivity contribution is 6.45. The number of hydrogen-bond acceptors (Lipinski definition) is 5. The summed E-state index contributed by atoms with van der Waals surface area (Å²) in [6.07, 6.45) is 0.639. The second kappa shape index (κ2) is 15.4. The first-order valence-corrected chi connectivity index (χ1v) is 15.1. The summed E-state index contributed by atoms with van der Waals surface area (Å²) >= 11 is 0. The molecule has 10 nitrogen and oxygen atoms in total. The molecule has 4 aromatic rings. The number of fused-ring (bicyclic) bond motifs is 1. The number of amides is 4. The maximum atomic E-state index is 14.2. The zero-order valence-electron chi connectivity index (χ0n) is 26.6. The van der Waals surface area contributed by atoms with Crippen molar-refractivity contribution in [2.24, 2.45) is 5.41 Å². The molecule has 2 atom stereocenters. The Morgan fingerprint density at radius 2 is 1.48 bits per heavy atom. The molecule has 0 spiro atoms. The van der Waals surface area contributed by atoms with E-state index in [4.69, 9.17) is 0 Å². The molecule has 252 valence electrons. The summed E-state index contributed by atoms with van der Waals surface area (Å²) < 4.78 is 41.2. The van der Waals surface area contributed by atoms with E-state index in [1.165, 1.54) is 30.5 Å². The van der Waals surface area contributed by atoms with Crippen molar-refractivity contribution in [3.8, 4) is 0 Å². The first kappa shape index (κ1) is 35.4. The van der Waals surface area contributed by atoms with Crippen LogP contribution >= 0.6 is 0 Å². The average Bonchev–Trinajstić information content (AvgIpc) is 3.47. The highest BCUT2D eigenvalue weighted by atomic mass is 19.1. The zero-order chi connectivity index (χ0) is 35.0. The van der Waals surface area contributed by atoms with Crippen LogP contribution in [0.1, 0.15) is 48.7 Å². The van der Waals surface area contributed by atoms with E-state index in [-0.39, 0.29) is 36.1 Å². The van der Waals surface area contributed by atoms with Gasteiger partial charge < -0.3 is 26.3 Å². The van der Waals surface area contributed by atoms with Crippen molar-refractivity contribution < 1.29 is 37.1 Å². The van der Waals surface area contributed by atoms with Crippen LogP contribution in [0.2, 0.25) is 0 Å². The summed E-state index contributed by atoms with van der Waals surface area (Å²) in [6.45, 7) is 5.55. The third-order valence-corrected chi connectivity index (χ3v) is 7.32. The van der Waals surface area contributed by atoms with Crippen molar-refractivity contribution in [2.45, 2.75) is 52.2 Å². The standard InChI is InChI=1S/C35H36F3N5O5/c1-35(2,3)19-41-30(44)16-29(43-34(48)31(45)25-18-39-27-7-5-4-6-24(25)27)33(47)42-28(14-20-8-11-22(36)12-9-20)32(46)40-17-21-10-13-23(37)15-26(21)38/h4-13,15,18,28-29,39H,14,16-17,19H2,1-3H3,(H,40,46)(H,41,44)(H,42,47)(H,43,48)/t28-,29-/m0/s1. The first-order valence-electron chi connectivity index (χ1n) is 15.1. The number of ketones is 1. The SMILES string of the molecule is CC(C)(C)CNC(=O)C[C@H](NC(=O)C(=O)c1c[nH]c2ccccc12)C(=O)N[C@@H](Cc1ccc(F)cc1)C(=O)NCc1ccc(F)cc1F. The molecule has 0 fully saturated rings. The summed E-state index contributed by atoms with van der Waals surface area (Å²) in [5.41, 5.74) is 0.793. The fourth-order valence-corrected chi connectivity index (χ4v) is 4.74. The lowest BCUT2D eigenvalue weighted by molar-refractivity contribution is -0.133. The molecule has 3 aromatic carbocycles. The first-order chi connectivity index (χ1) is 22.7. The monoisotopic (exact) mass is 663 g/mol. The van der Waals surface area contributed by atoms with Gasteiger partial charge in [-0.3, -0.25) is 24.0 Å². The number of carbonyl (C=O) groups excluding carboxylic acids is 5. The van der Waals surface area contributed by atoms with Gasteiger partial charge in [-0.2, -0.15) is 0 Å². The molecule has 0 aliphatic rings. The predicted octanol–water partition coefficient (Wildman–Crippen LogP) is 3.85. The molecule has 48 heavy (non-hydrogen) atoms. The Morgan fingerprint density at radius 1 is 0.792 bits per heavy atom. The number of H-pyrrole nitrogens is 1. The lowest BCUT2D eigenvalue weighted by atomic mass is 9.97. The number of Topliss-reactive ketones (excluding diaryl/α,β-unsaturated/α-hetero) is 1. The minimum atomic E-state index is -1.59. The van der Waals surface area contributed by atoms with Gasteiger partial charge in [-0.05, 0) is 35.2 Å². The van der Waals surface area contributed by atoms with Gasteiger partial charge in [-0.1, -0.05) is 57.2 Å². The molecule has 13 heteroatoms. The number of aromatic nitrogens is 1. The second-order valence-corrected chi connectivity index (χ2v) is 12.5. The van der Waals surface area contributed by atoms with Crippen LogP contribution in [0.5, 0.6) is 0 Å². The van der Waals surface area contributed by atoms with Crippen LogP contribution in [0, 0.1) is 22.9 Å². The maximum absolute atomic E-state index is 14.2. The Bertz CT molecular complexity index is 1820. The van der Waals surface area contributed by atoms with E-state index >= 15 is 0 Å². The molecule has 0 saturated carbocycles. The van der Waals surface area contributed by atoms with Gasteiger partial charge in [-0.15, -0.1) is 0 Å². The van der Waals surface area contributed by atoms with Crippen LogP contribution < -0.4 is 21.3 Å². The lowest BCUT2D eigenvalue weighted by Crippen LogP contribution is -2.56. The number of para-hydroxylation sites is 1. The van der Waals surface area contributed by atoms with E-state index in [0.29, 0.717) is 22.5 Å². The number of nitrogens with one attached hydrogen (secondary N) is 5. The lowest BCUT2D eigenvalue weighted by Gasteiger charge is -2.24. The van der Waals surface area contributed by atoms with E-state index in [1.54, 1.807) is 24.3 Å². The smallest absolute Gasteiger partial charge is 0.293 e. The van der Waals surface area contributed by atoms with Crippen molar-refractivity contribution in [1.29, 1.82) is 0 Å². The van der Waals surface area contributed by atoms with E-state index in [0.717, 1.165) is 12.1 Å². The minimum absolute atomic E-state index is 0.0203. The van der Waals surface area contributed by atoms with Gasteiger partial charge in [0.1, 0.15) is 29.5 Å². The van der Waals surface area contributed by atoms with Crippen LogP contribution in [0.3, 0.4) is 0 Å². The number of benzene rings is 3. The van der Waals surface area contributed by atoms with Crippen molar-refractivity contribution in [3.63, 3.8) is 0 Å². The molecule has 0 aliphatic carbocycles. The molecule has 4 rings (SSSR count). The van der Waals surface area contributed by atoms with Crippen molar-refractivity contribution >= 4 is 40.3 Å². The molecular weight excluding hydrogens is 627 g/mol. The summed E-state index contributed by atoms with van der Waals surface area (Å²) in [6, 6.07) is 11.8. The number of aromatic amines is 1. The fourth-order valence-electron chi connectivity index (χ4n) is 4.74. The number of halogens is 3. The average molecular weight is 664 g/mol. The van der Waals surface area contributed by atoms with Gasteiger partial charge in [0.25, 0.3) is 11.7 Å². The molecule has 0 bridgehead atoms. The number of rotatable bonds is 13. The normalized spacial score (nSPS) is 12.5. The number of hydrogen-bond donors (Lipinski definition) is 5. The van der Waals surface area contributed by atoms with E-state index in [2.05, 4.69) is 26.3 Å². The number of carbonyl (C=O) groups is 5. The van der Waals surface area contributed by atoms with Crippen LogP contribution in [-0.4, -0.2) is 53.0 Å². The van der Waals surface area contributed by atoms with E-state index in [1.807, 2.05) is 20.8 Å². The summed E-state index contributed by atoms with van der Waals surface area (Å²) in [7, 11) is 0. The molecule has 0 aliphatic heterocycles. The largest absolute Gasteiger partial charge is 0.360 e. The molecule has 1 heterocycles. The second-order valence-electron chi connectivity index (χ2n) is 12.5. The minimum Gasteiger partial charge on any atom is -0.360 e. The van der Waals surface area contributed by atoms with Crippen molar-refractivity contribution in [2.75, 3.05) is 6.54 Å². The highest BCUT2D eigenvalue weighted by Crippen LogP contribution is 2.18. The Morgan fingerprint density at radius 3 is 2.17 bits per heavy atom. The Balaban J connectivity index is 1.56. The van der Waals surface area contributed by atoms with Gasteiger partial charge in [-0.25, -0.2) is 13.2 Å². The van der Waals surface area contributed by atoms with Crippen molar-refractivity contribution in [3.05, 3.63) is 107 Å². The zero-order valence-corrected chi connectivity index (χ0v) is 26.6. The Kier molecular flexibility index (Phi) is 11.4. The Hall–Kier alpha value is -5.46. The van der Waals surface area contributed by atoms with Crippen LogP contribution in [-0.2, 0) is 32.1 Å². The predicted molar refractivity (Wildman–Crippen MR) is 172 cm³/mol. The van der Waals surface area contributed by atoms with Crippen LogP contribution in [0.25, 0.3) is 10.9 Å². The third-order valence-electron chi connectivity index (χ3n) is 7.32. The topological polar surface area (TPSA) is 149 Å². The molecule has 0 saturated heterocycles. The van der Waals surface area contributed by atoms with E-state index < -0.39 is 65.4 Å². The van der Waals surface area contributed by atoms with Gasteiger partial charge in [0.2, 0.25) is 17.7 Å². The summed E-state index contributed by atoms with van der Waals surface area (Å²) in [5.74, 6) is -6.68. The van der Waals surface area contributed by atoms with Gasteiger partial charge >= 0.3 is 0 Å². The molecule has 5 N–H and O–H groups in total. The molecular formula is C35H36F3N5O5. The van der Waals surface area contributed by atoms with Gasteiger partial charge in [0, 0.05) is 48.2 Å². The quantitative estimate of drug-likeness (QED) is 0.109.